The molecule has 0 bridgehead atoms. The fraction of sp³-hybridized carbons (Fsp3) is 0.545. The maximum absolute atomic E-state index is 13.8. The first-order valence-electron chi connectivity index (χ1n) is 5.39. The van der Waals surface area contributed by atoms with E-state index in [1.807, 2.05) is 6.92 Å². The molecule has 0 saturated heterocycles. The molecule has 0 aliphatic rings. The summed E-state index contributed by atoms with van der Waals surface area (Å²) in [6.07, 6.45) is 1.52. The smallest absolute Gasteiger partial charge is 0.307 e. The number of anilines is 1. The molecule has 0 radical (unpaired) electrons. The molecule has 17 heavy (non-hydrogen) atoms. The number of carbonyl (C=O) groups excluding carboxylic acids is 1. The minimum atomic E-state index is -0.445. The summed E-state index contributed by atoms with van der Waals surface area (Å²) >= 11 is 0. The summed E-state index contributed by atoms with van der Waals surface area (Å²) in [4.78, 5) is 20.4. The van der Waals surface area contributed by atoms with E-state index in [1.54, 1.807) is 11.8 Å². The van der Waals surface area contributed by atoms with Crippen molar-refractivity contribution in [2.75, 3.05) is 25.1 Å². The Balaban J connectivity index is 2.79. The van der Waals surface area contributed by atoms with Crippen molar-refractivity contribution in [2.45, 2.75) is 20.3 Å². The first-order chi connectivity index (χ1) is 8.10. The molecule has 0 unspecified atom stereocenters. The molecule has 94 valence electrons. The van der Waals surface area contributed by atoms with Crippen molar-refractivity contribution in [3.63, 3.8) is 0 Å². The second-order valence-electron chi connectivity index (χ2n) is 3.50. The summed E-state index contributed by atoms with van der Waals surface area (Å²) in [7, 11) is 1.33. The molecule has 0 atom stereocenters. The lowest BCUT2D eigenvalue weighted by atomic mass is 10.3. The molecule has 0 aromatic carbocycles. The van der Waals surface area contributed by atoms with Crippen LogP contribution in [0.4, 0.5) is 10.2 Å². The highest BCUT2D eigenvalue weighted by atomic mass is 19.1. The average Bonchev–Trinajstić information content (AvgIpc) is 2.34. The Kier molecular flexibility index (Phi) is 4.81. The van der Waals surface area contributed by atoms with Crippen molar-refractivity contribution in [3.8, 4) is 0 Å². The van der Waals surface area contributed by atoms with Gasteiger partial charge in [0.1, 0.15) is 6.33 Å². The van der Waals surface area contributed by atoms with E-state index in [4.69, 9.17) is 0 Å². The van der Waals surface area contributed by atoms with E-state index in [0.29, 0.717) is 18.8 Å². The van der Waals surface area contributed by atoms with Crippen LogP contribution in [0.15, 0.2) is 6.33 Å². The van der Waals surface area contributed by atoms with Gasteiger partial charge in [0.05, 0.1) is 19.2 Å². The molecule has 0 saturated carbocycles. The number of rotatable bonds is 5. The van der Waals surface area contributed by atoms with Crippen molar-refractivity contribution in [2.24, 2.45) is 0 Å². The lowest BCUT2D eigenvalue weighted by molar-refractivity contribution is -0.140. The van der Waals surface area contributed by atoms with Crippen LogP contribution in [0.2, 0.25) is 0 Å². The Morgan fingerprint density at radius 1 is 1.53 bits per heavy atom. The first-order valence-corrected chi connectivity index (χ1v) is 5.39. The summed E-state index contributed by atoms with van der Waals surface area (Å²) in [5, 5.41) is 0. The second-order valence-corrected chi connectivity index (χ2v) is 3.50. The van der Waals surface area contributed by atoms with Gasteiger partial charge in [0, 0.05) is 13.1 Å². The number of halogens is 1. The molecule has 0 N–H and O–H groups in total. The van der Waals surface area contributed by atoms with E-state index in [2.05, 4.69) is 14.7 Å². The maximum Gasteiger partial charge on any atom is 0.307 e. The standard InChI is InChI=1S/C11H16FN3O2/c1-4-15(6-5-9(16)17-3)11-10(12)8(2)13-7-14-11/h7H,4-6H2,1-3H3. The van der Waals surface area contributed by atoms with E-state index in [-0.39, 0.29) is 18.2 Å². The number of hydrogen-bond acceptors (Lipinski definition) is 5. The highest BCUT2D eigenvalue weighted by molar-refractivity contribution is 5.69. The predicted octanol–water partition coefficient (Wildman–Crippen LogP) is 1.31. The molecule has 5 nitrogen and oxygen atoms in total. The van der Waals surface area contributed by atoms with Gasteiger partial charge in [0.25, 0.3) is 0 Å². The Labute approximate surface area is 99.6 Å². The monoisotopic (exact) mass is 241 g/mol. The molecule has 1 aromatic rings. The van der Waals surface area contributed by atoms with Crippen molar-refractivity contribution in [3.05, 3.63) is 17.8 Å². The Bertz CT molecular complexity index is 398. The molecule has 1 rings (SSSR count). The zero-order valence-corrected chi connectivity index (χ0v) is 10.2. The van der Waals surface area contributed by atoms with Crippen LogP contribution in [0.1, 0.15) is 19.0 Å². The van der Waals surface area contributed by atoms with Gasteiger partial charge in [-0.25, -0.2) is 14.4 Å². The summed E-state index contributed by atoms with van der Waals surface area (Å²) in [5.74, 6) is -0.544. The minimum absolute atomic E-state index is 0.201. The number of hydrogen-bond donors (Lipinski definition) is 0. The fourth-order valence-electron chi connectivity index (χ4n) is 1.41. The van der Waals surface area contributed by atoms with Gasteiger partial charge in [-0.05, 0) is 13.8 Å². The van der Waals surface area contributed by atoms with Gasteiger partial charge in [0.15, 0.2) is 11.6 Å². The lowest BCUT2D eigenvalue weighted by Gasteiger charge is -2.21. The third-order valence-electron chi connectivity index (χ3n) is 2.44. The largest absolute Gasteiger partial charge is 0.469 e. The van der Waals surface area contributed by atoms with Gasteiger partial charge in [-0.2, -0.15) is 0 Å². The number of nitrogens with zero attached hydrogens (tertiary/aromatic N) is 3. The molecule has 0 fully saturated rings. The maximum atomic E-state index is 13.8. The van der Waals surface area contributed by atoms with Crippen molar-refractivity contribution >= 4 is 11.8 Å². The molecule has 0 aliphatic heterocycles. The minimum Gasteiger partial charge on any atom is -0.469 e. The van der Waals surface area contributed by atoms with Crippen LogP contribution >= 0.6 is 0 Å². The van der Waals surface area contributed by atoms with Crippen LogP contribution in [0, 0.1) is 12.7 Å². The highest BCUT2D eigenvalue weighted by Gasteiger charge is 2.15. The lowest BCUT2D eigenvalue weighted by Crippen LogP contribution is -2.28. The van der Waals surface area contributed by atoms with Crippen molar-refractivity contribution < 1.29 is 13.9 Å². The molecule has 0 spiro atoms. The van der Waals surface area contributed by atoms with Gasteiger partial charge in [-0.3, -0.25) is 4.79 Å². The van der Waals surface area contributed by atoms with E-state index in [1.165, 1.54) is 13.4 Å². The fourth-order valence-corrected chi connectivity index (χ4v) is 1.41. The number of aromatic nitrogens is 2. The summed E-state index contributed by atoms with van der Waals surface area (Å²) in [6.45, 7) is 4.38. The van der Waals surface area contributed by atoms with Crippen LogP contribution in [-0.2, 0) is 9.53 Å². The molecule has 6 heteroatoms. The molecule has 0 aliphatic carbocycles. The van der Waals surface area contributed by atoms with Crippen LogP contribution in [-0.4, -0.2) is 36.1 Å². The summed E-state index contributed by atoms with van der Waals surface area (Å²) in [6, 6.07) is 0. The van der Waals surface area contributed by atoms with Crippen LogP contribution in [0.25, 0.3) is 0 Å². The third kappa shape index (κ3) is 3.37. The zero-order chi connectivity index (χ0) is 12.8. The van der Waals surface area contributed by atoms with Gasteiger partial charge in [-0.15, -0.1) is 0 Å². The first kappa shape index (κ1) is 13.3. The second kappa shape index (κ2) is 6.12. The van der Waals surface area contributed by atoms with Crippen LogP contribution in [0.5, 0.6) is 0 Å². The molecule has 1 aromatic heterocycles. The number of esters is 1. The molecular formula is C11H16FN3O2. The summed E-state index contributed by atoms with van der Waals surface area (Å²) in [5.41, 5.74) is 0.298. The van der Waals surface area contributed by atoms with Crippen LogP contribution in [0.3, 0.4) is 0 Å². The topological polar surface area (TPSA) is 55.3 Å². The number of methoxy groups -OCH3 is 1. The van der Waals surface area contributed by atoms with E-state index in [0.717, 1.165) is 0 Å². The Morgan fingerprint density at radius 3 is 2.82 bits per heavy atom. The molecule has 1 heterocycles. The van der Waals surface area contributed by atoms with E-state index in [9.17, 15) is 9.18 Å². The van der Waals surface area contributed by atoms with Gasteiger partial charge in [0.2, 0.25) is 0 Å². The average molecular weight is 241 g/mol. The number of aryl methyl sites for hydroxylation is 1. The Morgan fingerprint density at radius 2 is 2.24 bits per heavy atom. The third-order valence-corrected chi connectivity index (χ3v) is 2.44. The predicted molar refractivity (Wildman–Crippen MR) is 61.2 cm³/mol. The zero-order valence-electron chi connectivity index (χ0n) is 10.2. The Hall–Kier alpha value is -1.72. The summed E-state index contributed by atoms with van der Waals surface area (Å²) < 4.78 is 18.3. The van der Waals surface area contributed by atoms with Crippen molar-refractivity contribution in [1.82, 2.24) is 9.97 Å². The van der Waals surface area contributed by atoms with Gasteiger partial charge in [-0.1, -0.05) is 0 Å². The van der Waals surface area contributed by atoms with E-state index >= 15 is 0 Å². The molecule has 0 amide bonds. The SMILES string of the molecule is CCN(CCC(=O)OC)c1ncnc(C)c1F. The number of ether oxygens (including phenoxy) is 1. The van der Waals surface area contributed by atoms with Gasteiger partial charge >= 0.3 is 5.97 Å². The highest BCUT2D eigenvalue weighted by Crippen LogP contribution is 2.17. The quantitative estimate of drug-likeness (QED) is 0.727. The molecular weight excluding hydrogens is 225 g/mol. The normalized spacial score (nSPS) is 10.1. The van der Waals surface area contributed by atoms with Crippen molar-refractivity contribution in [1.29, 1.82) is 0 Å². The van der Waals surface area contributed by atoms with Gasteiger partial charge < -0.3 is 9.64 Å². The van der Waals surface area contributed by atoms with Crippen LogP contribution < -0.4 is 4.90 Å². The van der Waals surface area contributed by atoms with E-state index < -0.39 is 5.82 Å². The number of carbonyl (C=O) groups is 1.